The number of carboxylic acids is 1. The summed E-state index contributed by atoms with van der Waals surface area (Å²) in [6, 6.07) is 19.9. The first-order valence-corrected chi connectivity index (χ1v) is 11.2. The Balaban J connectivity index is 1.79. The molecule has 0 spiro atoms. The fourth-order valence-corrected chi connectivity index (χ4v) is 5.08. The molecular formula is C28H28N2O2. The Kier molecular flexibility index (Phi) is 4.70. The number of nitrogens with zero attached hydrogens (tertiary/aromatic N) is 2. The molecule has 0 saturated heterocycles. The molecule has 0 amide bonds. The SMILES string of the molecule is CC1CCC(C)(C)c2cc3c(cc21)C(c1ccc(C(=O)O)cc1)=Nc1ccccc1N3C. The van der Waals surface area contributed by atoms with Gasteiger partial charge in [0.1, 0.15) is 0 Å². The minimum Gasteiger partial charge on any atom is -0.478 e. The smallest absolute Gasteiger partial charge is 0.335 e. The number of carbonyl (C=O) groups is 1. The lowest BCUT2D eigenvalue weighted by molar-refractivity contribution is 0.0697. The van der Waals surface area contributed by atoms with Crippen LogP contribution < -0.4 is 4.90 Å². The van der Waals surface area contributed by atoms with E-state index in [9.17, 15) is 9.90 Å². The molecule has 1 atom stereocenters. The van der Waals surface area contributed by atoms with E-state index >= 15 is 0 Å². The van der Waals surface area contributed by atoms with Crippen molar-refractivity contribution in [1.29, 1.82) is 0 Å². The van der Waals surface area contributed by atoms with Gasteiger partial charge < -0.3 is 10.0 Å². The van der Waals surface area contributed by atoms with Crippen molar-refractivity contribution in [2.24, 2.45) is 4.99 Å². The zero-order valence-corrected chi connectivity index (χ0v) is 19.0. The maximum atomic E-state index is 11.4. The fraction of sp³-hybridized carbons (Fsp3) is 0.286. The van der Waals surface area contributed by atoms with Crippen LogP contribution in [-0.4, -0.2) is 23.8 Å². The lowest BCUT2D eigenvalue weighted by atomic mass is 9.68. The van der Waals surface area contributed by atoms with Gasteiger partial charge in [0.25, 0.3) is 0 Å². The van der Waals surface area contributed by atoms with E-state index in [0.29, 0.717) is 5.92 Å². The van der Waals surface area contributed by atoms with Crippen LogP contribution in [0.3, 0.4) is 0 Å². The molecule has 2 aliphatic rings. The number of carboxylic acid groups (broad SMARTS) is 1. The maximum Gasteiger partial charge on any atom is 0.335 e. The molecule has 3 aromatic rings. The third-order valence-electron chi connectivity index (χ3n) is 7.13. The van der Waals surface area contributed by atoms with Gasteiger partial charge in [-0.3, -0.25) is 0 Å². The summed E-state index contributed by atoms with van der Waals surface area (Å²) in [5.74, 6) is -0.426. The second kappa shape index (κ2) is 7.33. The van der Waals surface area contributed by atoms with Gasteiger partial charge in [0.05, 0.1) is 28.3 Å². The van der Waals surface area contributed by atoms with E-state index in [1.807, 2.05) is 30.3 Å². The Bertz CT molecular complexity index is 1250. The van der Waals surface area contributed by atoms with Crippen LogP contribution in [0.15, 0.2) is 65.7 Å². The van der Waals surface area contributed by atoms with Crippen molar-refractivity contribution in [2.45, 2.75) is 44.9 Å². The predicted molar refractivity (Wildman–Crippen MR) is 130 cm³/mol. The molecule has 4 heteroatoms. The molecule has 0 aromatic heterocycles. The van der Waals surface area contributed by atoms with Gasteiger partial charge in [-0.15, -0.1) is 0 Å². The second-order valence-corrected chi connectivity index (χ2v) is 9.67. The normalized spacial score (nSPS) is 18.7. The van der Waals surface area contributed by atoms with Gasteiger partial charge in [0.2, 0.25) is 0 Å². The quantitative estimate of drug-likeness (QED) is 0.492. The molecule has 0 saturated carbocycles. The molecule has 162 valence electrons. The minimum absolute atomic E-state index is 0.129. The highest BCUT2D eigenvalue weighted by atomic mass is 16.4. The summed E-state index contributed by atoms with van der Waals surface area (Å²) >= 11 is 0. The van der Waals surface area contributed by atoms with Crippen molar-refractivity contribution in [3.8, 4) is 0 Å². The molecule has 5 rings (SSSR count). The molecule has 3 aromatic carbocycles. The molecule has 0 fully saturated rings. The molecule has 1 N–H and O–H groups in total. The fourth-order valence-electron chi connectivity index (χ4n) is 5.08. The van der Waals surface area contributed by atoms with Gasteiger partial charge >= 0.3 is 5.97 Å². The lowest BCUT2D eigenvalue weighted by Gasteiger charge is -2.37. The van der Waals surface area contributed by atoms with E-state index in [1.54, 1.807) is 12.1 Å². The Labute approximate surface area is 189 Å². The number of fused-ring (bicyclic) bond motifs is 3. The summed E-state index contributed by atoms with van der Waals surface area (Å²) in [6.07, 6.45) is 2.35. The summed E-state index contributed by atoms with van der Waals surface area (Å²) in [7, 11) is 2.11. The number of rotatable bonds is 2. The number of para-hydroxylation sites is 2. The molecule has 1 aliphatic heterocycles. The van der Waals surface area contributed by atoms with Crippen LogP contribution in [0.25, 0.3) is 0 Å². The number of benzene rings is 3. The van der Waals surface area contributed by atoms with E-state index in [0.717, 1.165) is 33.9 Å². The predicted octanol–water partition coefficient (Wildman–Crippen LogP) is 6.81. The first kappa shape index (κ1) is 20.5. The summed E-state index contributed by atoms with van der Waals surface area (Å²) in [5, 5.41) is 9.33. The molecule has 1 aliphatic carbocycles. The van der Waals surface area contributed by atoms with Crippen molar-refractivity contribution in [2.75, 3.05) is 11.9 Å². The Morgan fingerprint density at radius 3 is 2.50 bits per heavy atom. The average molecular weight is 425 g/mol. The van der Waals surface area contributed by atoms with Crippen molar-refractivity contribution < 1.29 is 9.90 Å². The van der Waals surface area contributed by atoms with Crippen molar-refractivity contribution in [3.63, 3.8) is 0 Å². The number of aromatic carboxylic acids is 1. The van der Waals surface area contributed by atoms with E-state index < -0.39 is 5.97 Å². The molecule has 1 heterocycles. The zero-order valence-electron chi connectivity index (χ0n) is 19.0. The third-order valence-corrected chi connectivity index (χ3v) is 7.13. The summed E-state index contributed by atoms with van der Waals surface area (Å²) < 4.78 is 0. The number of aliphatic imine (C=N–C) groups is 1. The van der Waals surface area contributed by atoms with Gasteiger partial charge in [-0.2, -0.15) is 0 Å². The number of hydrogen-bond donors (Lipinski definition) is 1. The Morgan fingerprint density at radius 1 is 1.06 bits per heavy atom. The first-order valence-electron chi connectivity index (χ1n) is 11.2. The summed E-state index contributed by atoms with van der Waals surface area (Å²) in [5.41, 5.74) is 9.23. The van der Waals surface area contributed by atoms with Crippen molar-refractivity contribution in [1.82, 2.24) is 0 Å². The highest BCUT2D eigenvalue weighted by molar-refractivity contribution is 6.19. The Morgan fingerprint density at radius 2 is 1.78 bits per heavy atom. The van der Waals surface area contributed by atoms with E-state index in [1.165, 1.54) is 24.0 Å². The van der Waals surface area contributed by atoms with Crippen LogP contribution in [0.4, 0.5) is 17.1 Å². The van der Waals surface area contributed by atoms with Crippen LogP contribution in [0, 0.1) is 0 Å². The average Bonchev–Trinajstić information content (AvgIpc) is 2.91. The summed E-state index contributed by atoms with van der Waals surface area (Å²) in [6.45, 7) is 7.00. The standard InChI is InChI=1S/C28H28N2O2/c1-17-13-14-28(2,3)22-16-25-21(15-20(17)22)26(18-9-11-19(12-10-18)27(31)32)29-23-7-5-6-8-24(23)30(25)4/h5-12,15-17H,13-14H2,1-4H3,(H,31,32). The van der Waals surface area contributed by atoms with Crippen LogP contribution in [0.5, 0.6) is 0 Å². The van der Waals surface area contributed by atoms with E-state index in [-0.39, 0.29) is 11.0 Å². The molecule has 32 heavy (non-hydrogen) atoms. The van der Waals surface area contributed by atoms with Crippen LogP contribution >= 0.6 is 0 Å². The Hall–Kier alpha value is -3.40. The zero-order chi connectivity index (χ0) is 22.6. The van der Waals surface area contributed by atoms with Gasteiger partial charge in [0.15, 0.2) is 0 Å². The largest absolute Gasteiger partial charge is 0.478 e. The minimum atomic E-state index is -0.921. The van der Waals surface area contributed by atoms with Gasteiger partial charge in [-0.25, -0.2) is 9.79 Å². The lowest BCUT2D eigenvalue weighted by Crippen LogP contribution is -2.27. The number of anilines is 2. The van der Waals surface area contributed by atoms with Gasteiger partial charge in [-0.05, 0) is 71.7 Å². The third kappa shape index (κ3) is 3.22. The monoisotopic (exact) mass is 424 g/mol. The van der Waals surface area contributed by atoms with Gasteiger partial charge in [-0.1, -0.05) is 45.0 Å². The van der Waals surface area contributed by atoms with E-state index in [4.69, 9.17) is 4.99 Å². The number of hydrogen-bond acceptors (Lipinski definition) is 3. The maximum absolute atomic E-state index is 11.4. The van der Waals surface area contributed by atoms with E-state index in [2.05, 4.69) is 50.9 Å². The second-order valence-electron chi connectivity index (χ2n) is 9.67. The van der Waals surface area contributed by atoms with Crippen LogP contribution in [0.1, 0.15) is 72.1 Å². The molecule has 0 radical (unpaired) electrons. The van der Waals surface area contributed by atoms with Crippen molar-refractivity contribution >= 4 is 28.7 Å². The summed E-state index contributed by atoms with van der Waals surface area (Å²) in [4.78, 5) is 18.7. The first-order chi connectivity index (χ1) is 15.3. The highest BCUT2D eigenvalue weighted by Crippen LogP contribution is 2.47. The van der Waals surface area contributed by atoms with Gasteiger partial charge in [0, 0.05) is 18.2 Å². The van der Waals surface area contributed by atoms with Crippen LogP contribution in [0.2, 0.25) is 0 Å². The highest BCUT2D eigenvalue weighted by Gasteiger charge is 2.34. The molecule has 4 nitrogen and oxygen atoms in total. The van der Waals surface area contributed by atoms with Crippen molar-refractivity contribution in [3.05, 3.63) is 88.5 Å². The topological polar surface area (TPSA) is 52.9 Å². The molecular weight excluding hydrogens is 396 g/mol. The van der Waals surface area contributed by atoms with Crippen LogP contribution in [-0.2, 0) is 5.41 Å². The molecule has 1 unspecified atom stereocenters. The molecule has 0 bridgehead atoms.